The molecule has 2 fully saturated rings. The van der Waals surface area contributed by atoms with Crippen molar-refractivity contribution in [3.8, 4) is 0 Å². The van der Waals surface area contributed by atoms with E-state index in [0.717, 1.165) is 0 Å². The molecule has 1 aromatic rings. The van der Waals surface area contributed by atoms with Crippen LogP contribution in [0, 0.1) is 0 Å². The Morgan fingerprint density at radius 3 is 2.16 bits per heavy atom. The predicted molar refractivity (Wildman–Crippen MR) is 106 cm³/mol. The summed E-state index contributed by atoms with van der Waals surface area (Å²) >= 11 is 0. The second-order valence-corrected chi connectivity index (χ2v) is 9.41. The van der Waals surface area contributed by atoms with Crippen LogP contribution < -0.4 is 0 Å². The zero-order chi connectivity index (χ0) is 23.9. The zero-order valence-electron chi connectivity index (χ0n) is 18.2. The number of hydrogen-bond donors (Lipinski definition) is 0. The number of benzene rings is 1. The van der Waals surface area contributed by atoms with Crippen molar-refractivity contribution in [1.82, 2.24) is 9.80 Å². The molecule has 1 saturated carbocycles. The van der Waals surface area contributed by atoms with Crippen molar-refractivity contribution in [3.05, 3.63) is 35.9 Å². The fraction of sp³-hybridized carbons (Fsp3) is 0.636. The number of carbonyl (C=O) groups excluding carboxylic acids is 2. The molecule has 1 aliphatic carbocycles. The van der Waals surface area contributed by atoms with Gasteiger partial charge in [-0.05, 0) is 39.2 Å². The Morgan fingerprint density at radius 2 is 1.66 bits per heavy atom. The van der Waals surface area contributed by atoms with E-state index < -0.39 is 60.7 Å². The Bertz CT molecular complexity index is 830. The Morgan fingerprint density at radius 1 is 1.06 bits per heavy atom. The summed E-state index contributed by atoms with van der Waals surface area (Å²) in [4.78, 5) is 27.0. The maximum Gasteiger partial charge on any atom is 0.471 e. The molecule has 10 heteroatoms. The van der Waals surface area contributed by atoms with Gasteiger partial charge in [0.25, 0.3) is 5.92 Å². The van der Waals surface area contributed by atoms with Crippen LogP contribution in [-0.4, -0.2) is 58.1 Å². The number of alkyl halides is 5. The predicted octanol–water partition coefficient (Wildman–Crippen LogP) is 5.32. The summed E-state index contributed by atoms with van der Waals surface area (Å²) in [5, 5.41) is 0. The van der Waals surface area contributed by atoms with Crippen molar-refractivity contribution in [2.75, 3.05) is 6.54 Å². The summed E-state index contributed by atoms with van der Waals surface area (Å²) in [6.45, 7) is 5.14. The van der Waals surface area contributed by atoms with Crippen molar-refractivity contribution in [2.24, 2.45) is 0 Å². The lowest BCUT2D eigenvalue weighted by atomic mass is 9.83. The minimum Gasteiger partial charge on any atom is -0.444 e. The van der Waals surface area contributed by atoms with Crippen LogP contribution in [0.5, 0.6) is 0 Å². The number of nitrogens with zero attached hydrogens (tertiary/aromatic N) is 2. The lowest BCUT2D eigenvalue weighted by Crippen LogP contribution is -2.61. The smallest absolute Gasteiger partial charge is 0.444 e. The lowest BCUT2D eigenvalue weighted by Gasteiger charge is -2.50. The number of rotatable bonds is 3. The third-order valence-corrected chi connectivity index (χ3v) is 5.72. The molecule has 2 amide bonds. The molecule has 0 aromatic heterocycles. The van der Waals surface area contributed by atoms with E-state index in [4.69, 9.17) is 4.74 Å². The highest BCUT2D eigenvalue weighted by atomic mass is 19.4. The number of ether oxygens (including phenoxy) is 1. The van der Waals surface area contributed by atoms with E-state index >= 15 is 0 Å². The molecule has 0 N–H and O–H groups in total. The fourth-order valence-electron chi connectivity index (χ4n) is 4.33. The summed E-state index contributed by atoms with van der Waals surface area (Å²) in [7, 11) is 0. The summed E-state index contributed by atoms with van der Waals surface area (Å²) in [5.74, 6) is -5.19. The van der Waals surface area contributed by atoms with E-state index in [0.29, 0.717) is 10.5 Å². The molecule has 0 unspecified atom stereocenters. The maximum atomic E-state index is 13.5. The first-order valence-corrected chi connectivity index (χ1v) is 10.5. The van der Waals surface area contributed by atoms with Gasteiger partial charge < -0.3 is 14.5 Å². The molecule has 0 bridgehead atoms. The van der Waals surface area contributed by atoms with Crippen molar-refractivity contribution in [2.45, 2.75) is 82.3 Å². The number of likely N-dealkylation sites (tertiary alicyclic amines) is 1. The highest BCUT2D eigenvalue weighted by Gasteiger charge is 2.56. The number of halogens is 5. The first kappa shape index (κ1) is 24.3. The Kier molecular flexibility index (Phi) is 6.45. The average molecular weight is 462 g/mol. The van der Waals surface area contributed by atoms with Crippen LogP contribution in [0.3, 0.4) is 0 Å². The van der Waals surface area contributed by atoms with Crippen molar-refractivity contribution in [3.63, 3.8) is 0 Å². The van der Waals surface area contributed by atoms with Gasteiger partial charge in [0.2, 0.25) is 0 Å². The molecular weight excluding hydrogens is 435 g/mol. The van der Waals surface area contributed by atoms with E-state index in [1.165, 1.54) is 4.90 Å². The van der Waals surface area contributed by atoms with Gasteiger partial charge in [-0.25, -0.2) is 13.6 Å². The Labute approximate surface area is 183 Å². The maximum absolute atomic E-state index is 13.5. The molecular formula is C22H27F5N2O3. The quantitative estimate of drug-likeness (QED) is 0.572. The fourth-order valence-corrected chi connectivity index (χ4v) is 4.33. The molecule has 1 aromatic carbocycles. The van der Waals surface area contributed by atoms with Gasteiger partial charge in [0, 0.05) is 31.5 Å². The van der Waals surface area contributed by atoms with Crippen LogP contribution in [0.15, 0.2) is 30.3 Å². The van der Waals surface area contributed by atoms with Crippen LogP contribution >= 0.6 is 0 Å². The van der Waals surface area contributed by atoms with Crippen LogP contribution in [0.4, 0.5) is 26.7 Å². The standard InChI is InChI=1S/C22H27F5N2O3/c1-20(2,3)32-19(31)28-10-9-15(11-17(28)14-7-5-4-6-8-14)29(18(30)22(25,26)27)16-12-21(23,24)13-16/h4-8,15-17H,9-13H2,1-3H3/t15-,17-/m0/s1. The molecule has 1 heterocycles. The monoisotopic (exact) mass is 462 g/mol. The van der Waals surface area contributed by atoms with Gasteiger partial charge >= 0.3 is 18.2 Å². The molecule has 1 aliphatic heterocycles. The SMILES string of the molecule is CC(C)(C)OC(=O)N1CC[C@H](N(C(=O)C(F)(F)F)C2CC(F)(F)C2)C[C@H]1c1ccccc1. The minimum atomic E-state index is -5.17. The minimum absolute atomic E-state index is 0.00680. The van der Waals surface area contributed by atoms with E-state index in [2.05, 4.69) is 0 Å². The molecule has 0 radical (unpaired) electrons. The molecule has 2 aliphatic rings. The van der Waals surface area contributed by atoms with Gasteiger partial charge in [0.15, 0.2) is 0 Å². The van der Waals surface area contributed by atoms with Gasteiger partial charge in [-0.15, -0.1) is 0 Å². The highest BCUT2D eigenvalue weighted by molar-refractivity contribution is 5.82. The van der Waals surface area contributed by atoms with Crippen LogP contribution in [-0.2, 0) is 9.53 Å². The molecule has 178 valence electrons. The van der Waals surface area contributed by atoms with Crippen LogP contribution in [0.1, 0.15) is 58.1 Å². The first-order chi connectivity index (χ1) is 14.7. The number of amides is 2. The first-order valence-electron chi connectivity index (χ1n) is 10.5. The Balaban J connectivity index is 1.89. The third kappa shape index (κ3) is 5.50. The van der Waals surface area contributed by atoms with Crippen LogP contribution in [0.25, 0.3) is 0 Å². The Hall–Kier alpha value is -2.39. The van der Waals surface area contributed by atoms with Crippen molar-refractivity contribution >= 4 is 12.0 Å². The second kappa shape index (κ2) is 8.51. The van der Waals surface area contributed by atoms with Gasteiger partial charge in [0.05, 0.1) is 6.04 Å². The van der Waals surface area contributed by atoms with Gasteiger partial charge in [0.1, 0.15) is 5.60 Å². The topological polar surface area (TPSA) is 49.9 Å². The highest BCUT2D eigenvalue weighted by Crippen LogP contribution is 2.45. The molecule has 2 atom stereocenters. The molecule has 0 spiro atoms. The second-order valence-electron chi connectivity index (χ2n) is 9.41. The summed E-state index contributed by atoms with van der Waals surface area (Å²) in [5.41, 5.74) is -0.105. The number of piperidine rings is 1. The normalized spacial score (nSPS) is 23.9. The van der Waals surface area contributed by atoms with Crippen LogP contribution in [0.2, 0.25) is 0 Å². The summed E-state index contributed by atoms with van der Waals surface area (Å²) in [6.07, 6.45) is -7.35. The van der Waals surface area contributed by atoms with Crippen molar-refractivity contribution < 1.29 is 36.3 Å². The lowest BCUT2D eigenvalue weighted by molar-refractivity contribution is -0.204. The molecule has 1 saturated heterocycles. The van der Waals surface area contributed by atoms with Crippen molar-refractivity contribution in [1.29, 1.82) is 0 Å². The van der Waals surface area contributed by atoms with Gasteiger partial charge in [-0.2, -0.15) is 13.2 Å². The largest absolute Gasteiger partial charge is 0.471 e. The average Bonchev–Trinajstić information content (AvgIpc) is 2.65. The van der Waals surface area contributed by atoms with E-state index in [-0.39, 0.29) is 19.4 Å². The zero-order valence-corrected chi connectivity index (χ0v) is 18.2. The van der Waals surface area contributed by atoms with Gasteiger partial charge in [-0.3, -0.25) is 4.79 Å². The van der Waals surface area contributed by atoms with E-state index in [1.807, 2.05) is 0 Å². The summed E-state index contributed by atoms with van der Waals surface area (Å²) < 4.78 is 72.3. The number of carbonyl (C=O) groups is 2. The molecule has 3 rings (SSSR count). The number of hydrogen-bond acceptors (Lipinski definition) is 3. The van der Waals surface area contributed by atoms with E-state index in [1.54, 1.807) is 51.1 Å². The molecule has 32 heavy (non-hydrogen) atoms. The third-order valence-electron chi connectivity index (χ3n) is 5.72. The van der Waals surface area contributed by atoms with E-state index in [9.17, 15) is 31.5 Å². The van der Waals surface area contributed by atoms with Gasteiger partial charge in [-0.1, -0.05) is 30.3 Å². The summed E-state index contributed by atoms with van der Waals surface area (Å²) in [6, 6.07) is 5.92. The molecule has 5 nitrogen and oxygen atoms in total.